The van der Waals surface area contributed by atoms with Gasteiger partial charge in [-0.1, -0.05) is 0 Å². The second-order valence-electron chi connectivity index (χ2n) is 4.50. The van der Waals surface area contributed by atoms with Gasteiger partial charge in [-0.3, -0.25) is 0 Å². The van der Waals surface area contributed by atoms with Gasteiger partial charge in [0.05, 0.1) is 13.2 Å². The molecular weight excluding hydrogens is 232 g/mol. The largest absolute Gasteiger partial charge is 0.375 e. The van der Waals surface area contributed by atoms with Crippen molar-refractivity contribution in [1.29, 1.82) is 0 Å². The molecule has 1 N–H and O–H groups in total. The summed E-state index contributed by atoms with van der Waals surface area (Å²) >= 11 is 1.84. The zero-order chi connectivity index (χ0) is 11.9. The van der Waals surface area contributed by atoms with E-state index in [0.717, 1.165) is 26.3 Å². The van der Waals surface area contributed by atoms with Gasteiger partial charge in [-0.05, 0) is 45.1 Å². The van der Waals surface area contributed by atoms with E-state index in [0.29, 0.717) is 0 Å². The Morgan fingerprint density at radius 1 is 1.29 bits per heavy atom. The first-order chi connectivity index (χ1) is 8.38. The lowest BCUT2D eigenvalue weighted by Gasteiger charge is -2.13. The molecule has 0 bridgehead atoms. The van der Waals surface area contributed by atoms with E-state index in [4.69, 9.17) is 4.74 Å². The van der Waals surface area contributed by atoms with Crippen LogP contribution in [-0.2, 0) is 17.9 Å². The minimum absolute atomic E-state index is 0.766. The number of nitrogens with one attached hydrogen (secondary N) is 1. The van der Waals surface area contributed by atoms with Crippen molar-refractivity contribution < 1.29 is 4.74 Å². The first kappa shape index (κ1) is 13.0. The van der Waals surface area contributed by atoms with Gasteiger partial charge in [0.1, 0.15) is 0 Å². The molecule has 1 aliphatic heterocycles. The lowest BCUT2D eigenvalue weighted by Crippen LogP contribution is -2.23. The summed E-state index contributed by atoms with van der Waals surface area (Å²) in [6.07, 6.45) is 2.72. The normalized spacial score (nSPS) is 16.8. The van der Waals surface area contributed by atoms with Gasteiger partial charge in [-0.25, -0.2) is 0 Å². The molecule has 17 heavy (non-hydrogen) atoms. The first-order valence-corrected chi connectivity index (χ1v) is 7.22. The standard InChI is InChI=1S/C13H22N2OS/c1-14-10-12-4-5-13(17-12)11-16-9-8-15-6-2-3-7-15/h4-5,14H,2-3,6-11H2,1H3. The number of thiophene rings is 1. The fourth-order valence-electron chi connectivity index (χ4n) is 2.14. The van der Waals surface area contributed by atoms with Gasteiger partial charge in [-0.15, -0.1) is 11.3 Å². The molecule has 4 heteroatoms. The van der Waals surface area contributed by atoms with E-state index in [1.165, 1.54) is 35.7 Å². The summed E-state index contributed by atoms with van der Waals surface area (Å²) in [5, 5.41) is 3.16. The van der Waals surface area contributed by atoms with Crippen LogP contribution < -0.4 is 5.32 Å². The molecule has 0 aromatic carbocycles. The van der Waals surface area contributed by atoms with Crippen molar-refractivity contribution in [2.75, 3.05) is 33.3 Å². The smallest absolute Gasteiger partial charge is 0.0810 e. The highest BCUT2D eigenvalue weighted by molar-refractivity contribution is 7.11. The summed E-state index contributed by atoms with van der Waals surface area (Å²) in [6, 6.07) is 4.35. The molecule has 2 heterocycles. The fourth-order valence-corrected chi connectivity index (χ4v) is 3.11. The third kappa shape index (κ3) is 4.39. The maximum atomic E-state index is 5.72. The average Bonchev–Trinajstić information content (AvgIpc) is 2.96. The summed E-state index contributed by atoms with van der Waals surface area (Å²) in [7, 11) is 1.98. The Hall–Kier alpha value is -0.420. The molecule has 0 unspecified atom stereocenters. The minimum Gasteiger partial charge on any atom is -0.375 e. The highest BCUT2D eigenvalue weighted by Crippen LogP contribution is 2.17. The van der Waals surface area contributed by atoms with E-state index in [9.17, 15) is 0 Å². The van der Waals surface area contributed by atoms with Crippen molar-refractivity contribution in [3.8, 4) is 0 Å². The zero-order valence-electron chi connectivity index (χ0n) is 10.6. The van der Waals surface area contributed by atoms with E-state index >= 15 is 0 Å². The lowest BCUT2D eigenvalue weighted by atomic mass is 10.4. The molecule has 0 saturated carbocycles. The predicted molar refractivity (Wildman–Crippen MR) is 72.4 cm³/mol. The fraction of sp³-hybridized carbons (Fsp3) is 0.692. The summed E-state index contributed by atoms with van der Waals surface area (Å²) in [4.78, 5) is 5.20. The Bertz CT molecular complexity index is 321. The molecule has 1 aromatic rings. The third-order valence-corrected chi connectivity index (χ3v) is 4.12. The maximum Gasteiger partial charge on any atom is 0.0810 e. The topological polar surface area (TPSA) is 24.5 Å². The highest BCUT2D eigenvalue weighted by Gasteiger charge is 2.10. The van der Waals surface area contributed by atoms with Gasteiger partial charge in [-0.2, -0.15) is 0 Å². The lowest BCUT2D eigenvalue weighted by molar-refractivity contribution is 0.101. The van der Waals surface area contributed by atoms with Gasteiger partial charge in [0.2, 0.25) is 0 Å². The van der Waals surface area contributed by atoms with Gasteiger partial charge in [0.25, 0.3) is 0 Å². The molecule has 96 valence electrons. The van der Waals surface area contributed by atoms with Crippen molar-refractivity contribution in [1.82, 2.24) is 10.2 Å². The molecule has 1 aromatic heterocycles. The summed E-state index contributed by atoms with van der Waals surface area (Å²) in [5.41, 5.74) is 0. The second kappa shape index (κ2) is 7.11. The molecular formula is C13H22N2OS. The predicted octanol–water partition coefficient (Wildman–Crippen LogP) is 2.08. The Labute approximate surface area is 108 Å². The molecule has 0 spiro atoms. The monoisotopic (exact) mass is 254 g/mol. The van der Waals surface area contributed by atoms with Crippen LogP contribution in [0.3, 0.4) is 0 Å². The number of ether oxygens (including phenoxy) is 1. The van der Waals surface area contributed by atoms with Crippen molar-refractivity contribution >= 4 is 11.3 Å². The van der Waals surface area contributed by atoms with Crippen LogP contribution in [0.1, 0.15) is 22.6 Å². The molecule has 0 aliphatic carbocycles. The molecule has 0 amide bonds. The number of rotatable bonds is 7. The highest BCUT2D eigenvalue weighted by atomic mass is 32.1. The Morgan fingerprint density at radius 2 is 2.06 bits per heavy atom. The molecule has 0 radical (unpaired) electrons. The number of nitrogens with zero attached hydrogens (tertiary/aromatic N) is 1. The summed E-state index contributed by atoms with van der Waals surface area (Å²) < 4.78 is 5.72. The second-order valence-corrected chi connectivity index (χ2v) is 5.75. The van der Waals surface area contributed by atoms with Crippen molar-refractivity contribution in [2.45, 2.75) is 26.0 Å². The van der Waals surface area contributed by atoms with Crippen LogP contribution in [-0.4, -0.2) is 38.2 Å². The Morgan fingerprint density at radius 3 is 2.82 bits per heavy atom. The zero-order valence-corrected chi connectivity index (χ0v) is 11.4. The van der Waals surface area contributed by atoms with Gasteiger partial charge < -0.3 is 15.0 Å². The minimum atomic E-state index is 0.766. The van der Waals surface area contributed by atoms with E-state index in [2.05, 4.69) is 22.3 Å². The quantitative estimate of drug-likeness (QED) is 0.754. The first-order valence-electron chi connectivity index (χ1n) is 6.41. The molecule has 2 rings (SSSR count). The van der Waals surface area contributed by atoms with Crippen LogP contribution >= 0.6 is 11.3 Å². The molecule has 1 aliphatic rings. The van der Waals surface area contributed by atoms with E-state index in [1.807, 2.05) is 18.4 Å². The summed E-state index contributed by atoms with van der Waals surface area (Å²) in [5.74, 6) is 0. The van der Waals surface area contributed by atoms with Crippen LogP contribution in [0.4, 0.5) is 0 Å². The third-order valence-electron chi connectivity index (χ3n) is 3.06. The van der Waals surface area contributed by atoms with Gasteiger partial charge in [0, 0.05) is 22.8 Å². The summed E-state index contributed by atoms with van der Waals surface area (Å²) in [6.45, 7) is 6.19. The van der Waals surface area contributed by atoms with Crippen molar-refractivity contribution in [3.63, 3.8) is 0 Å². The van der Waals surface area contributed by atoms with E-state index in [-0.39, 0.29) is 0 Å². The van der Waals surface area contributed by atoms with Crippen molar-refractivity contribution in [2.24, 2.45) is 0 Å². The Kier molecular flexibility index (Phi) is 5.45. The molecule has 0 atom stereocenters. The number of hydrogen-bond acceptors (Lipinski definition) is 4. The molecule has 3 nitrogen and oxygen atoms in total. The maximum absolute atomic E-state index is 5.72. The van der Waals surface area contributed by atoms with Gasteiger partial charge >= 0.3 is 0 Å². The van der Waals surface area contributed by atoms with E-state index in [1.54, 1.807) is 0 Å². The SMILES string of the molecule is CNCc1ccc(COCCN2CCCC2)s1. The molecule has 1 saturated heterocycles. The van der Waals surface area contributed by atoms with Crippen LogP contribution in [0.5, 0.6) is 0 Å². The van der Waals surface area contributed by atoms with Crippen LogP contribution in [0.15, 0.2) is 12.1 Å². The van der Waals surface area contributed by atoms with Crippen LogP contribution in [0, 0.1) is 0 Å². The average molecular weight is 254 g/mol. The van der Waals surface area contributed by atoms with Crippen LogP contribution in [0.25, 0.3) is 0 Å². The van der Waals surface area contributed by atoms with Crippen molar-refractivity contribution in [3.05, 3.63) is 21.9 Å². The number of hydrogen-bond donors (Lipinski definition) is 1. The van der Waals surface area contributed by atoms with Crippen LogP contribution in [0.2, 0.25) is 0 Å². The molecule has 1 fully saturated rings. The Balaban J connectivity index is 1.60. The number of likely N-dealkylation sites (tertiary alicyclic amines) is 1. The van der Waals surface area contributed by atoms with Gasteiger partial charge in [0.15, 0.2) is 0 Å². The van der Waals surface area contributed by atoms with E-state index < -0.39 is 0 Å².